The van der Waals surface area contributed by atoms with Gasteiger partial charge in [0.05, 0.1) is 4.75 Å². The lowest BCUT2D eigenvalue weighted by molar-refractivity contribution is -0.122. The second-order valence-electron chi connectivity index (χ2n) is 4.43. The van der Waals surface area contributed by atoms with E-state index in [1.165, 1.54) is 0 Å². The van der Waals surface area contributed by atoms with Crippen LogP contribution in [0.5, 0.6) is 0 Å². The Hall–Kier alpha value is -0.520. The summed E-state index contributed by atoms with van der Waals surface area (Å²) in [4.78, 5) is 13.1. The maximum Gasteiger partial charge on any atom is 0.236 e. The predicted molar refractivity (Wildman–Crippen MR) is 81.0 cm³/mol. The lowest BCUT2D eigenvalue weighted by Gasteiger charge is -2.23. The van der Waals surface area contributed by atoms with Gasteiger partial charge in [-0.2, -0.15) is 0 Å². The molecule has 1 rings (SSSR count). The molecule has 1 amide bonds. The number of likely N-dealkylation sites (N-methyl/N-ethyl adjacent to an activating group) is 1. The molecule has 0 atom stereocenters. The smallest absolute Gasteiger partial charge is 0.236 e. The minimum absolute atomic E-state index is 0.0608. The lowest BCUT2D eigenvalue weighted by Crippen LogP contribution is -2.42. The minimum atomic E-state index is -0.471. The van der Waals surface area contributed by atoms with Gasteiger partial charge in [-0.05, 0) is 45.2 Å². The SMILES string of the molecule is CNCCNC(=O)C(C)(C)Sc1ccc(Br)cc1. The molecule has 0 radical (unpaired) electrons. The quantitative estimate of drug-likeness (QED) is 0.622. The summed E-state index contributed by atoms with van der Waals surface area (Å²) in [6, 6.07) is 7.99. The molecule has 0 aliphatic rings. The number of hydrogen-bond acceptors (Lipinski definition) is 3. The van der Waals surface area contributed by atoms with Gasteiger partial charge in [0.2, 0.25) is 5.91 Å². The highest BCUT2D eigenvalue weighted by Gasteiger charge is 2.28. The van der Waals surface area contributed by atoms with Crippen molar-refractivity contribution in [3.63, 3.8) is 0 Å². The number of hydrogen-bond donors (Lipinski definition) is 2. The lowest BCUT2D eigenvalue weighted by atomic mass is 10.2. The van der Waals surface area contributed by atoms with Crippen LogP contribution in [0.3, 0.4) is 0 Å². The van der Waals surface area contributed by atoms with Crippen molar-refractivity contribution >= 4 is 33.6 Å². The number of carbonyl (C=O) groups excluding carboxylic acids is 1. The van der Waals surface area contributed by atoms with Gasteiger partial charge >= 0.3 is 0 Å². The molecule has 3 nitrogen and oxygen atoms in total. The topological polar surface area (TPSA) is 41.1 Å². The molecule has 18 heavy (non-hydrogen) atoms. The molecule has 0 unspecified atom stereocenters. The van der Waals surface area contributed by atoms with Crippen molar-refractivity contribution in [3.8, 4) is 0 Å². The van der Waals surface area contributed by atoms with E-state index in [-0.39, 0.29) is 5.91 Å². The molecular formula is C13H19BrN2OS. The number of benzene rings is 1. The van der Waals surface area contributed by atoms with Crippen LogP contribution in [0, 0.1) is 0 Å². The first kappa shape index (κ1) is 15.5. The van der Waals surface area contributed by atoms with Crippen molar-refractivity contribution in [2.45, 2.75) is 23.5 Å². The normalized spacial score (nSPS) is 11.3. The number of rotatable bonds is 6. The second-order valence-corrected chi connectivity index (χ2v) is 7.04. The third-order valence-electron chi connectivity index (χ3n) is 2.39. The van der Waals surface area contributed by atoms with Crippen LogP contribution >= 0.6 is 27.7 Å². The van der Waals surface area contributed by atoms with Crippen LogP contribution in [-0.2, 0) is 4.79 Å². The molecule has 2 N–H and O–H groups in total. The van der Waals surface area contributed by atoms with E-state index in [2.05, 4.69) is 26.6 Å². The Labute approximate surface area is 121 Å². The maximum absolute atomic E-state index is 12.0. The van der Waals surface area contributed by atoms with E-state index >= 15 is 0 Å². The van der Waals surface area contributed by atoms with Crippen LogP contribution in [0.4, 0.5) is 0 Å². The summed E-state index contributed by atoms with van der Waals surface area (Å²) in [7, 11) is 1.87. The van der Waals surface area contributed by atoms with E-state index in [0.717, 1.165) is 15.9 Å². The van der Waals surface area contributed by atoms with Crippen LogP contribution in [0.15, 0.2) is 33.6 Å². The fraction of sp³-hybridized carbons (Fsp3) is 0.462. The first-order valence-electron chi connectivity index (χ1n) is 5.83. The van der Waals surface area contributed by atoms with E-state index < -0.39 is 4.75 Å². The average molecular weight is 331 g/mol. The van der Waals surface area contributed by atoms with E-state index in [1.807, 2.05) is 45.2 Å². The van der Waals surface area contributed by atoms with Gasteiger partial charge in [0, 0.05) is 22.5 Å². The summed E-state index contributed by atoms with van der Waals surface area (Å²) >= 11 is 4.97. The van der Waals surface area contributed by atoms with Crippen LogP contribution < -0.4 is 10.6 Å². The van der Waals surface area contributed by atoms with Crippen molar-refractivity contribution in [2.75, 3.05) is 20.1 Å². The van der Waals surface area contributed by atoms with E-state index in [0.29, 0.717) is 6.54 Å². The fourth-order valence-corrected chi connectivity index (χ4v) is 2.65. The molecule has 0 bridgehead atoms. The molecule has 0 saturated carbocycles. The number of halogens is 1. The predicted octanol–water partition coefficient (Wildman–Crippen LogP) is 2.66. The van der Waals surface area contributed by atoms with E-state index in [1.54, 1.807) is 11.8 Å². The minimum Gasteiger partial charge on any atom is -0.354 e. The van der Waals surface area contributed by atoms with Crippen molar-refractivity contribution in [1.29, 1.82) is 0 Å². The molecule has 1 aromatic rings. The van der Waals surface area contributed by atoms with Crippen molar-refractivity contribution in [2.24, 2.45) is 0 Å². The zero-order chi connectivity index (χ0) is 13.6. The van der Waals surface area contributed by atoms with Crippen LogP contribution in [0.1, 0.15) is 13.8 Å². The van der Waals surface area contributed by atoms with Crippen LogP contribution in [0.25, 0.3) is 0 Å². The number of thioether (sulfide) groups is 1. The number of carbonyl (C=O) groups is 1. The Morgan fingerprint density at radius 3 is 2.44 bits per heavy atom. The third-order valence-corrected chi connectivity index (χ3v) is 4.13. The molecular weight excluding hydrogens is 312 g/mol. The molecule has 0 saturated heterocycles. The zero-order valence-electron chi connectivity index (χ0n) is 10.9. The summed E-state index contributed by atoms with van der Waals surface area (Å²) in [6.07, 6.45) is 0. The summed E-state index contributed by atoms with van der Waals surface area (Å²) < 4.78 is 0.574. The molecule has 100 valence electrons. The fourth-order valence-electron chi connectivity index (χ4n) is 1.36. The first-order valence-corrected chi connectivity index (χ1v) is 7.44. The molecule has 0 aliphatic carbocycles. The van der Waals surface area contributed by atoms with Gasteiger partial charge in [-0.1, -0.05) is 15.9 Å². The van der Waals surface area contributed by atoms with Gasteiger partial charge in [-0.25, -0.2) is 0 Å². The van der Waals surface area contributed by atoms with Crippen LogP contribution in [-0.4, -0.2) is 30.8 Å². The van der Waals surface area contributed by atoms with Gasteiger partial charge in [0.15, 0.2) is 0 Å². The molecule has 0 fully saturated rings. The van der Waals surface area contributed by atoms with Gasteiger partial charge in [-0.15, -0.1) is 11.8 Å². The van der Waals surface area contributed by atoms with Crippen molar-refractivity contribution in [1.82, 2.24) is 10.6 Å². The largest absolute Gasteiger partial charge is 0.354 e. The van der Waals surface area contributed by atoms with E-state index in [4.69, 9.17) is 0 Å². The summed E-state index contributed by atoms with van der Waals surface area (Å²) in [5.74, 6) is 0.0608. The Morgan fingerprint density at radius 2 is 1.89 bits per heavy atom. The molecule has 0 spiro atoms. The number of amides is 1. The highest BCUT2D eigenvalue weighted by molar-refractivity contribution is 9.10. The summed E-state index contributed by atoms with van der Waals surface area (Å²) in [6.45, 7) is 5.31. The molecule has 0 heterocycles. The first-order chi connectivity index (χ1) is 8.45. The summed E-state index contributed by atoms with van der Waals surface area (Å²) in [5, 5.41) is 5.93. The van der Waals surface area contributed by atoms with Crippen molar-refractivity contribution in [3.05, 3.63) is 28.7 Å². The molecule has 0 aromatic heterocycles. The van der Waals surface area contributed by atoms with E-state index in [9.17, 15) is 4.79 Å². The second kappa shape index (κ2) is 7.16. The summed E-state index contributed by atoms with van der Waals surface area (Å²) in [5.41, 5.74) is 0. The molecule has 1 aromatic carbocycles. The van der Waals surface area contributed by atoms with Crippen molar-refractivity contribution < 1.29 is 4.79 Å². The standard InChI is InChI=1S/C13H19BrN2OS/c1-13(2,12(17)16-9-8-15-3)18-11-6-4-10(14)5-7-11/h4-7,15H,8-9H2,1-3H3,(H,16,17). The van der Waals surface area contributed by atoms with Gasteiger partial charge in [0.1, 0.15) is 0 Å². The highest BCUT2D eigenvalue weighted by atomic mass is 79.9. The van der Waals surface area contributed by atoms with Gasteiger partial charge in [0.25, 0.3) is 0 Å². The van der Waals surface area contributed by atoms with Gasteiger partial charge < -0.3 is 10.6 Å². The average Bonchev–Trinajstić information content (AvgIpc) is 2.32. The molecule has 0 aliphatic heterocycles. The Balaban J connectivity index is 2.57. The third kappa shape index (κ3) is 5.00. The molecule has 5 heteroatoms. The highest BCUT2D eigenvalue weighted by Crippen LogP contribution is 2.33. The maximum atomic E-state index is 12.0. The Kier molecular flexibility index (Phi) is 6.18. The Morgan fingerprint density at radius 1 is 1.28 bits per heavy atom. The van der Waals surface area contributed by atoms with Gasteiger partial charge in [-0.3, -0.25) is 4.79 Å². The zero-order valence-corrected chi connectivity index (χ0v) is 13.3. The monoisotopic (exact) mass is 330 g/mol. The Bertz CT molecular complexity index is 392. The van der Waals surface area contributed by atoms with Crippen LogP contribution in [0.2, 0.25) is 0 Å². The number of nitrogens with one attached hydrogen (secondary N) is 2.